The predicted molar refractivity (Wildman–Crippen MR) is 52.5 cm³/mol. The van der Waals surface area contributed by atoms with Crippen LogP contribution in [0.25, 0.3) is 0 Å². The largest absolute Gasteiger partial charge is 0.326 e. The predicted octanol–water partition coefficient (Wildman–Crippen LogP) is 1.85. The molecule has 0 radical (unpaired) electrons. The van der Waals surface area contributed by atoms with Crippen LogP contribution in [-0.2, 0) is 11.2 Å². The van der Waals surface area contributed by atoms with E-state index in [0.717, 1.165) is 5.56 Å². The van der Waals surface area contributed by atoms with E-state index < -0.39 is 0 Å². The molecule has 1 aliphatic heterocycles. The van der Waals surface area contributed by atoms with E-state index >= 15 is 0 Å². The molecule has 0 fully saturated rings. The fourth-order valence-corrected chi connectivity index (χ4v) is 1.72. The molecule has 0 saturated carbocycles. The van der Waals surface area contributed by atoms with Gasteiger partial charge in [0.15, 0.2) is 0 Å². The zero-order valence-electron chi connectivity index (χ0n) is 7.96. The fraction of sp³-hybridized carbons (Fsp3) is 0.273. The van der Waals surface area contributed by atoms with Gasteiger partial charge < -0.3 is 5.32 Å². The Balaban J connectivity index is 2.31. The van der Waals surface area contributed by atoms with Gasteiger partial charge in [-0.05, 0) is 30.2 Å². The molecule has 2 rings (SSSR count). The van der Waals surface area contributed by atoms with Crippen molar-refractivity contribution in [3.05, 3.63) is 29.6 Å². The Morgan fingerprint density at radius 2 is 2.40 bits per heavy atom. The van der Waals surface area contributed by atoms with Crippen LogP contribution < -0.4 is 5.32 Å². The summed E-state index contributed by atoms with van der Waals surface area (Å²) in [6.07, 6.45) is 0.605. The number of anilines is 1. The van der Waals surface area contributed by atoms with Crippen LogP contribution in [-0.4, -0.2) is 5.91 Å². The summed E-state index contributed by atoms with van der Waals surface area (Å²) >= 11 is 0. The van der Waals surface area contributed by atoms with Crippen LogP contribution in [0.3, 0.4) is 0 Å². The van der Waals surface area contributed by atoms with Crippen molar-refractivity contribution < 1.29 is 9.18 Å². The Kier molecular flexibility index (Phi) is 2.38. The Morgan fingerprint density at radius 3 is 3.13 bits per heavy atom. The van der Waals surface area contributed by atoms with Gasteiger partial charge in [-0.25, -0.2) is 4.39 Å². The summed E-state index contributed by atoms with van der Waals surface area (Å²) in [6, 6.07) is 6.22. The first kappa shape index (κ1) is 9.66. The molecule has 0 bridgehead atoms. The number of carbonyl (C=O) groups excluding carboxylic acids is 1. The van der Waals surface area contributed by atoms with Crippen molar-refractivity contribution in [2.45, 2.75) is 12.8 Å². The Labute approximate surface area is 86.5 Å². The molecular weight excluding hydrogens is 195 g/mol. The second kappa shape index (κ2) is 3.70. The van der Waals surface area contributed by atoms with Gasteiger partial charge >= 0.3 is 0 Å². The molecular formula is C11H9FN2O. The van der Waals surface area contributed by atoms with Crippen LogP contribution in [0, 0.1) is 23.1 Å². The number of carbonyl (C=O) groups is 1. The molecule has 0 spiro atoms. The summed E-state index contributed by atoms with van der Waals surface area (Å²) in [6.45, 7) is 0. The topological polar surface area (TPSA) is 52.9 Å². The molecule has 15 heavy (non-hydrogen) atoms. The van der Waals surface area contributed by atoms with Crippen LogP contribution in [0.5, 0.6) is 0 Å². The minimum absolute atomic E-state index is 0.157. The lowest BCUT2D eigenvalue weighted by molar-refractivity contribution is -0.120. The summed E-state index contributed by atoms with van der Waals surface area (Å²) in [5, 5.41) is 11.2. The van der Waals surface area contributed by atoms with Gasteiger partial charge in [-0.2, -0.15) is 5.26 Å². The highest BCUT2D eigenvalue weighted by molar-refractivity contribution is 5.95. The highest BCUT2D eigenvalue weighted by Gasteiger charge is 2.25. The molecule has 0 aromatic heterocycles. The first-order valence-corrected chi connectivity index (χ1v) is 4.67. The number of hydrogen-bond acceptors (Lipinski definition) is 2. The molecule has 1 amide bonds. The van der Waals surface area contributed by atoms with Gasteiger partial charge in [0.2, 0.25) is 5.91 Å². The molecule has 1 aliphatic rings. The molecule has 76 valence electrons. The maximum atomic E-state index is 12.9. The maximum Gasteiger partial charge on any atom is 0.228 e. The Bertz CT molecular complexity index is 450. The van der Waals surface area contributed by atoms with Crippen molar-refractivity contribution >= 4 is 11.6 Å². The summed E-state index contributed by atoms with van der Waals surface area (Å²) in [4.78, 5) is 11.5. The van der Waals surface area contributed by atoms with Gasteiger partial charge in [0, 0.05) is 12.1 Å². The van der Waals surface area contributed by atoms with Gasteiger partial charge in [-0.3, -0.25) is 4.79 Å². The third kappa shape index (κ3) is 1.82. The van der Waals surface area contributed by atoms with Gasteiger partial charge in [-0.1, -0.05) is 0 Å². The minimum Gasteiger partial charge on any atom is -0.326 e. The van der Waals surface area contributed by atoms with Crippen molar-refractivity contribution in [1.29, 1.82) is 5.26 Å². The quantitative estimate of drug-likeness (QED) is 0.758. The van der Waals surface area contributed by atoms with Gasteiger partial charge in [-0.15, -0.1) is 0 Å². The van der Waals surface area contributed by atoms with Gasteiger partial charge in [0.05, 0.1) is 12.0 Å². The average molecular weight is 204 g/mol. The summed E-state index contributed by atoms with van der Waals surface area (Å²) in [5.41, 5.74) is 1.41. The lowest BCUT2D eigenvalue weighted by Gasteiger charge is -2.22. The van der Waals surface area contributed by atoms with E-state index in [9.17, 15) is 9.18 Å². The summed E-state index contributed by atoms with van der Waals surface area (Å²) in [5.74, 6) is -0.833. The number of nitrogens with zero attached hydrogens (tertiary/aromatic N) is 1. The lowest BCUT2D eigenvalue weighted by Crippen LogP contribution is -2.29. The molecule has 1 aromatic carbocycles. The highest BCUT2D eigenvalue weighted by atomic mass is 19.1. The molecule has 4 heteroatoms. The second-order valence-corrected chi connectivity index (χ2v) is 3.55. The van der Waals surface area contributed by atoms with Crippen molar-refractivity contribution in [1.82, 2.24) is 0 Å². The normalized spacial score (nSPS) is 18.9. The molecule has 1 aromatic rings. The molecule has 1 N–H and O–H groups in total. The third-order valence-electron chi connectivity index (χ3n) is 2.50. The van der Waals surface area contributed by atoms with E-state index in [2.05, 4.69) is 5.32 Å². The first-order valence-electron chi connectivity index (χ1n) is 4.67. The number of fused-ring (bicyclic) bond motifs is 1. The van der Waals surface area contributed by atoms with Crippen molar-refractivity contribution in [2.75, 3.05) is 5.32 Å². The van der Waals surface area contributed by atoms with Crippen molar-refractivity contribution in [2.24, 2.45) is 5.92 Å². The monoisotopic (exact) mass is 204 g/mol. The Morgan fingerprint density at radius 1 is 1.60 bits per heavy atom. The number of hydrogen-bond donors (Lipinski definition) is 1. The third-order valence-corrected chi connectivity index (χ3v) is 2.50. The number of amides is 1. The van der Waals surface area contributed by atoms with Gasteiger partial charge in [0.1, 0.15) is 5.82 Å². The first-order chi connectivity index (χ1) is 7.20. The van der Waals surface area contributed by atoms with E-state index in [0.29, 0.717) is 12.1 Å². The number of rotatable bonds is 1. The molecule has 0 saturated heterocycles. The van der Waals surface area contributed by atoms with E-state index in [1.807, 2.05) is 6.07 Å². The SMILES string of the molecule is N#CCC1Cc2cc(F)ccc2NC1=O. The molecule has 3 nitrogen and oxygen atoms in total. The maximum absolute atomic E-state index is 12.9. The molecule has 1 atom stereocenters. The van der Waals surface area contributed by atoms with E-state index in [1.54, 1.807) is 6.07 Å². The van der Waals surface area contributed by atoms with Crippen molar-refractivity contribution in [3.8, 4) is 6.07 Å². The number of nitrogens with one attached hydrogen (secondary N) is 1. The number of benzene rings is 1. The highest BCUT2D eigenvalue weighted by Crippen LogP contribution is 2.27. The zero-order valence-corrected chi connectivity index (χ0v) is 7.96. The smallest absolute Gasteiger partial charge is 0.228 e. The zero-order chi connectivity index (χ0) is 10.8. The summed E-state index contributed by atoms with van der Waals surface area (Å²) < 4.78 is 12.9. The van der Waals surface area contributed by atoms with Crippen LogP contribution in [0.1, 0.15) is 12.0 Å². The standard InChI is InChI=1S/C11H9FN2O/c12-9-1-2-10-8(6-9)5-7(3-4-13)11(15)14-10/h1-2,6-7H,3,5H2,(H,14,15). The van der Waals surface area contributed by atoms with Gasteiger partial charge in [0.25, 0.3) is 0 Å². The van der Waals surface area contributed by atoms with E-state index in [-0.39, 0.29) is 24.1 Å². The summed E-state index contributed by atoms with van der Waals surface area (Å²) in [7, 11) is 0. The molecule has 1 heterocycles. The van der Waals surface area contributed by atoms with Crippen molar-refractivity contribution in [3.63, 3.8) is 0 Å². The van der Waals surface area contributed by atoms with Crippen LogP contribution in [0.4, 0.5) is 10.1 Å². The fourth-order valence-electron chi connectivity index (χ4n) is 1.72. The average Bonchev–Trinajstić information content (AvgIpc) is 2.20. The van der Waals surface area contributed by atoms with Crippen LogP contribution in [0.2, 0.25) is 0 Å². The Hall–Kier alpha value is -1.89. The van der Waals surface area contributed by atoms with E-state index in [1.165, 1.54) is 12.1 Å². The van der Waals surface area contributed by atoms with Crippen LogP contribution in [0.15, 0.2) is 18.2 Å². The lowest BCUT2D eigenvalue weighted by atomic mass is 9.91. The van der Waals surface area contributed by atoms with E-state index in [4.69, 9.17) is 5.26 Å². The van der Waals surface area contributed by atoms with Crippen LogP contribution >= 0.6 is 0 Å². The molecule has 1 unspecified atom stereocenters. The molecule has 0 aliphatic carbocycles. The number of nitriles is 1. The number of halogens is 1. The second-order valence-electron chi connectivity index (χ2n) is 3.55. The minimum atomic E-state index is -0.357.